The van der Waals surface area contributed by atoms with Gasteiger partial charge in [-0.2, -0.15) is 0 Å². The zero-order valence-electron chi connectivity index (χ0n) is 20.6. The molecule has 2 aliphatic rings. The summed E-state index contributed by atoms with van der Waals surface area (Å²) >= 11 is 0. The van der Waals surface area contributed by atoms with Crippen molar-refractivity contribution in [3.63, 3.8) is 0 Å². The molecule has 0 bridgehead atoms. The average molecular weight is 451 g/mol. The fourth-order valence-corrected chi connectivity index (χ4v) is 4.21. The maximum Gasteiger partial charge on any atom is 0.313 e. The molecule has 2 fully saturated rings. The molecule has 1 aromatic rings. The molecule has 2 heterocycles. The van der Waals surface area contributed by atoms with Gasteiger partial charge >= 0.3 is 5.97 Å². The van der Waals surface area contributed by atoms with Crippen LogP contribution in [0.25, 0.3) is 0 Å². The molecule has 1 N–H and O–H groups in total. The number of hydrogen-bond acceptors (Lipinski definition) is 7. The number of carbonyl (C=O) groups is 1. The van der Waals surface area contributed by atoms with Gasteiger partial charge in [0, 0.05) is 0 Å². The third-order valence-corrected chi connectivity index (χ3v) is 6.80. The van der Waals surface area contributed by atoms with Crippen LogP contribution in [0.4, 0.5) is 0 Å². The van der Waals surface area contributed by atoms with Crippen LogP contribution in [0.15, 0.2) is 12.1 Å². The number of phenolic OH excluding ortho intramolecular Hbond substituents is 1. The first-order chi connectivity index (χ1) is 14.8. The SMILES string of the molecule is Cc1cc(C(C)C(=O)OC(C)C2OCC3(COCOC3)C(C)(C)O2)cc(C(C)(C)C)c1O. The quantitative estimate of drug-likeness (QED) is 0.689. The van der Waals surface area contributed by atoms with Crippen LogP contribution in [0.2, 0.25) is 0 Å². The Labute approximate surface area is 191 Å². The lowest BCUT2D eigenvalue weighted by molar-refractivity contribution is -0.355. The van der Waals surface area contributed by atoms with Crippen molar-refractivity contribution in [1.29, 1.82) is 0 Å². The number of aromatic hydroxyl groups is 1. The number of carbonyl (C=O) groups excluding carboxylic acids is 1. The zero-order chi connectivity index (χ0) is 23.9. The Balaban J connectivity index is 1.69. The molecule has 2 saturated heterocycles. The summed E-state index contributed by atoms with van der Waals surface area (Å²) in [7, 11) is 0. The zero-order valence-corrected chi connectivity index (χ0v) is 20.6. The van der Waals surface area contributed by atoms with E-state index in [2.05, 4.69) is 0 Å². The minimum Gasteiger partial charge on any atom is -0.507 e. The highest BCUT2D eigenvalue weighted by molar-refractivity contribution is 5.78. The number of aryl methyl sites for hydroxylation is 1. The fraction of sp³-hybridized carbons (Fsp3) is 0.720. The summed E-state index contributed by atoms with van der Waals surface area (Å²) < 4.78 is 28.9. The topological polar surface area (TPSA) is 83.5 Å². The lowest BCUT2D eigenvalue weighted by Gasteiger charge is -2.53. The molecular weight excluding hydrogens is 412 g/mol. The summed E-state index contributed by atoms with van der Waals surface area (Å²) in [5.74, 6) is -0.593. The van der Waals surface area contributed by atoms with Crippen molar-refractivity contribution < 1.29 is 33.6 Å². The van der Waals surface area contributed by atoms with E-state index in [1.54, 1.807) is 6.92 Å². The molecule has 1 spiro atoms. The van der Waals surface area contributed by atoms with E-state index in [9.17, 15) is 9.90 Å². The highest BCUT2D eigenvalue weighted by Gasteiger charge is 2.54. The molecule has 180 valence electrons. The van der Waals surface area contributed by atoms with E-state index in [0.29, 0.717) is 19.8 Å². The number of rotatable bonds is 4. The second-order valence-corrected chi connectivity index (χ2v) is 10.8. The van der Waals surface area contributed by atoms with Crippen LogP contribution >= 0.6 is 0 Å². The second-order valence-electron chi connectivity index (χ2n) is 10.8. The molecule has 2 aliphatic heterocycles. The van der Waals surface area contributed by atoms with Crippen molar-refractivity contribution in [2.75, 3.05) is 26.6 Å². The van der Waals surface area contributed by atoms with E-state index < -0.39 is 29.3 Å². The molecule has 0 saturated carbocycles. The Morgan fingerprint density at radius 1 is 1.16 bits per heavy atom. The summed E-state index contributed by atoms with van der Waals surface area (Å²) in [6.07, 6.45) is -1.27. The van der Waals surface area contributed by atoms with Gasteiger partial charge < -0.3 is 28.8 Å². The first kappa shape index (κ1) is 25.0. The molecule has 3 unspecified atom stereocenters. The lowest BCUT2D eigenvalue weighted by atomic mass is 9.74. The summed E-state index contributed by atoms with van der Waals surface area (Å²) in [5.41, 5.74) is 1.14. The van der Waals surface area contributed by atoms with Crippen LogP contribution in [0.3, 0.4) is 0 Å². The van der Waals surface area contributed by atoms with Crippen LogP contribution < -0.4 is 0 Å². The number of phenols is 1. The third kappa shape index (κ3) is 4.81. The van der Waals surface area contributed by atoms with E-state index in [0.717, 1.165) is 16.7 Å². The maximum absolute atomic E-state index is 13.0. The Morgan fingerprint density at radius 3 is 2.34 bits per heavy atom. The normalized spacial score (nSPS) is 24.7. The van der Waals surface area contributed by atoms with E-state index in [4.69, 9.17) is 23.7 Å². The molecule has 32 heavy (non-hydrogen) atoms. The Bertz CT molecular complexity index is 833. The Morgan fingerprint density at radius 2 is 1.78 bits per heavy atom. The molecular formula is C25H38O7. The summed E-state index contributed by atoms with van der Waals surface area (Å²) in [6.45, 7) is 17.2. The molecule has 3 atom stereocenters. The highest BCUT2D eigenvalue weighted by Crippen LogP contribution is 2.43. The van der Waals surface area contributed by atoms with Gasteiger partial charge in [0.2, 0.25) is 0 Å². The highest BCUT2D eigenvalue weighted by atomic mass is 16.7. The summed E-state index contributed by atoms with van der Waals surface area (Å²) in [5, 5.41) is 10.5. The predicted molar refractivity (Wildman–Crippen MR) is 120 cm³/mol. The summed E-state index contributed by atoms with van der Waals surface area (Å²) in [4.78, 5) is 13.0. The molecule has 3 rings (SSSR count). The Kier molecular flexibility index (Phi) is 6.97. The first-order valence-corrected chi connectivity index (χ1v) is 11.3. The number of benzene rings is 1. The van der Waals surface area contributed by atoms with E-state index in [-0.39, 0.29) is 23.9 Å². The fourth-order valence-electron chi connectivity index (χ4n) is 4.21. The molecule has 0 aliphatic carbocycles. The summed E-state index contributed by atoms with van der Waals surface area (Å²) in [6, 6.07) is 3.73. The van der Waals surface area contributed by atoms with Gasteiger partial charge in [-0.05, 0) is 56.7 Å². The predicted octanol–water partition coefficient (Wildman–Crippen LogP) is 4.18. The van der Waals surface area contributed by atoms with Gasteiger partial charge in [0.05, 0.1) is 36.8 Å². The smallest absolute Gasteiger partial charge is 0.313 e. The molecule has 0 aromatic heterocycles. The largest absolute Gasteiger partial charge is 0.507 e. The van der Waals surface area contributed by atoms with Crippen molar-refractivity contribution in [2.45, 2.75) is 84.7 Å². The van der Waals surface area contributed by atoms with Crippen LogP contribution in [0, 0.1) is 12.3 Å². The van der Waals surface area contributed by atoms with Crippen LogP contribution in [0.5, 0.6) is 5.75 Å². The van der Waals surface area contributed by atoms with E-state index in [1.165, 1.54) is 0 Å². The van der Waals surface area contributed by atoms with Crippen molar-refractivity contribution in [2.24, 2.45) is 5.41 Å². The van der Waals surface area contributed by atoms with E-state index in [1.807, 2.05) is 60.6 Å². The van der Waals surface area contributed by atoms with Gasteiger partial charge in [-0.3, -0.25) is 4.79 Å². The monoisotopic (exact) mass is 450 g/mol. The van der Waals surface area contributed by atoms with Crippen molar-refractivity contribution in [1.82, 2.24) is 0 Å². The maximum atomic E-state index is 13.0. The van der Waals surface area contributed by atoms with E-state index >= 15 is 0 Å². The van der Waals surface area contributed by atoms with Crippen molar-refractivity contribution in [3.8, 4) is 5.75 Å². The lowest BCUT2D eigenvalue weighted by Crippen LogP contribution is -2.63. The van der Waals surface area contributed by atoms with Crippen molar-refractivity contribution >= 4 is 5.97 Å². The molecule has 0 radical (unpaired) electrons. The van der Waals surface area contributed by atoms with Gasteiger partial charge in [0.1, 0.15) is 18.6 Å². The molecule has 7 heteroatoms. The number of hydrogen-bond donors (Lipinski definition) is 1. The van der Waals surface area contributed by atoms with Crippen molar-refractivity contribution in [3.05, 3.63) is 28.8 Å². The standard InChI is InChI=1S/C25H38O7/c1-15-9-18(10-19(20(15)26)23(4,5)6)16(2)21(27)31-17(3)22-30-13-25(24(7,8)32-22)11-28-14-29-12-25/h9-10,16-17,22,26H,11-14H2,1-8H3. The third-order valence-electron chi connectivity index (χ3n) is 6.80. The van der Waals surface area contributed by atoms with Gasteiger partial charge in [0.15, 0.2) is 6.29 Å². The number of esters is 1. The second kappa shape index (κ2) is 8.93. The van der Waals surface area contributed by atoms with Gasteiger partial charge in [-0.1, -0.05) is 32.9 Å². The molecule has 7 nitrogen and oxygen atoms in total. The Hall–Kier alpha value is -1.67. The van der Waals surface area contributed by atoms with Crippen LogP contribution in [0.1, 0.15) is 71.1 Å². The average Bonchev–Trinajstić information content (AvgIpc) is 2.71. The van der Waals surface area contributed by atoms with Gasteiger partial charge in [-0.15, -0.1) is 0 Å². The van der Waals surface area contributed by atoms with Gasteiger partial charge in [-0.25, -0.2) is 0 Å². The first-order valence-electron chi connectivity index (χ1n) is 11.3. The molecule has 0 amide bonds. The molecule has 1 aromatic carbocycles. The minimum absolute atomic E-state index is 0.250. The minimum atomic E-state index is -0.680. The number of ether oxygens (including phenoxy) is 5. The van der Waals surface area contributed by atoms with Crippen LogP contribution in [-0.2, 0) is 33.9 Å². The van der Waals surface area contributed by atoms with Crippen LogP contribution in [-0.4, -0.2) is 55.7 Å². The van der Waals surface area contributed by atoms with Gasteiger partial charge in [0.25, 0.3) is 0 Å².